The third-order valence-electron chi connectivity index (χ3n) is 8.06. The van der Waals surface area contributed by atoms with E-state index in [0.717, 1.165) is 84.5 Å². The number of likely N-dealkylation sites (tertiary alicyclic amines) is 1. The van der Waals surface area contributed by atoms with Gasteiger partial charge in [0.05, 0.1) is 12.6 Å². The zero-order valence-electron chi connectivity index (χ0n) is 22.7. The van der Waals surface area contributed by atoms with Crippen molar-refractivity contribution in [2.45, 2.75) is 38.8 Å². The molecule has 0 bridgehead atoms. The van der Waals surface area contributed by atoms with E-state index in [-0.39, 0.29) is 6.67 Å². The molecule has 1 fully saturated rings. The lowest BCUT2D eigenvalue weighted by molar-refractivity contribution is 0.203. The Bertz CT molecular complexity index is 1450. The van der Waals surface area contributed by atoms with Crippen LogP contribution in [-0.2, 0) is 13.0 Å². The average Bonchev–Trinajstić information content (AvgIpc) is 2.98. The summed E-state index contributed by atoms with van der Waals surface area (Å²) < 4.78 is 17.9. The number of methoxy groups -OCH3 is 1. The number of nitrogens with zero attached hydrogens (tertiary/aromatic N) is 5. The number of aryl methyl sites for hydroxylation is 1. The molecule has 0 unspecified atom stereocenters. The first-order valence-corrected chi connectivity index (χ1v) is 13.8. The minimum atomic E-state index is -0.263. The molecule has 0 spiro atoms. The molecule has 1 N–H and O–H groups in total. The van der Waals surface area contributed by atoms with Crippen LogP contribution in [0, 0.1) is 6.92 Å². The molecule has 2 aliphatic heterocycles. The molecule has 0 radical (unpaired) electrons. The molecule has 0 atom stereocenters. The van der Waals surface area contributed by atoms with E-state index < -0.39 is 0 Å². The number of nitrogens with one attached hydrogen (secondary N) is 1. The van der Waals surface area contributed by atoms with Crippen molar-refractivity contribution in [3.63, 3.8) is 0 Å². The molecule has 0 aliphatic carbocycles. The molecular formula is C31H35FN6O. The van der Waals surface area contributed by atoms with E-state index in [1.54, 1.807) is 13.4 Å². The molecule has 202 valence electrons. The van der Waals surface area contributed by atoms with Crippen LogP contribution in [0.1, 0.15) is 29.5 Å². The van der Waals surface area contributed by atoms with Crippen LogP contribution in [-0.4, -0.2) is 65.9 Å². The number of rotatable bonds is 7. The maximum absolute atomic E-state index is 12.7. The van der Waals surface area contributed by atoms with Crippen molar-refractivity contribution in [2.75, 3.05) is 50.2 Å². The fraction of sp³-hybridized carbons (Fsp3) is 0.387. The average molecular weight is 527 g/mol. The van der Waals surface area contributed by atoms with Gasteiger partial charge < -0.3 is 19.9 Å². The summed E-state index contributed by atoms with van der Waals surface area (Å²) in [5.74, 6) is 1.57. The van der Waals surface area contributed by atoms with Gasteiger partial charge in [0.25, 0.3) is 0 Å². The molecule has 7 nitrogen and oxygen atoms in total. The van der Waals surface area contributed by atoms with Crippen molar-refractivity contribution in [3.8, 4) is 17.0 Å². The Morgan fingerprint density at radius 1 is 0.974 bits per heavy atom. The van der Waals surface area contributed by atoms with Crippen LogP contribution in [0.4, 0.5) is 15.9 Å². The molecule has 39 heavy (non-hydrogen) atoms. The van der Waals surface area contributed by atoms with Gasteiger partial charge in [-0.05, 0) is 78.8 Å². The number of anilines is 2. The Morgan fingerprint density at radius 2 is 1.85 bits per heavy atom. The molecular weight excluding hydrogens is 491 g/mol. The van der Waals surface area contributed by atoms with Gasteiger partial charge in [0.1, 0.15) is 18.8 Å². The summed E-state index contributed by atoms with van der Waals surface area (Å²) >= 11 is 0. The van der Waals surface area contributed by atoms with E-state index in [1.165, 1.54) is 11.1 Å². The van der Waals surface area contributed by atoms with Crippen LogP contribution in [0.2, 0.25) is 0 Å². The SMILES string of the molecule is COc1ccc(-c2cc(C)c3ncnc(N4CCc5ccc(NC6CCN(CCF)CC6)cc5C4)c3c2)cn1. The van der Waals surface area contributed by atoms with E-state index in [0.29, 0.717) is 18.5 Å². The maximum atomic E-state index is 12.7. The number of pyridine rings is 1. The van der Waals surface area contributed by atoms with Crippen LogP contribution in [0.15, 0.2) is 55.0 Å². The van der Waals surface area contributed by atoms with E-state index in [9.17, 15) is 4.39 Å². The van der Waals surface area contributed by atoms with Crippen molar-refractivity contribution in [1.82, 2.24) is 19.9 Å². The number of halogens is 1. The monoisotopic (exact) mass is 526 g/mol. The quantitative estimate of drug-likeness (QED) is 0.345. The van der Waals surface area contributed by atoms with Crippen LogP contribution in [0.5, 0.6) is 5.88 Å². The second-order valence-electron chi connectivity index (χ2n) is 10.6. The van der Waals surface area contributed by atoms with Gasteiger partial charge in [-0.25, -0.2) is 19.3 Å². The standard InChI is InChI=1S/C31H35FN6O/c1-21-15-24(23-4-6-29(39-2)33-18-23)17-28-30(21)34-20-35-31(28)38-13-7-22-3-5-27(16-25(22)19-38)36-26-8-11-37(12-9-26)14-10-32/h3-6,15-18,20,26,36H,7-14,19H2,1-2H3. The number of piperidine rings is 1. The van der Waals surface area contributed by atoms with E-state index >= 15 is 0 Å². The second kappa shape index (κ2) is 11.1. The highest BCUT2D eigenvalue weighted by Crippen LogP contribution is 2.34. The predicted octanol–water partition coefficient (Wildman–Crippen LogP) is 5.42. The summed E-state index contributed by atoms with van der Waals surface area (Å²) in [7, 11) is 1.63. The first kappa shape index (κ1) is 25.5. The Labute approximate surface area is 229 Å². The first-order valence-electron chi connectivity index (χ1n) is 13.8. The lowest BCUT2D eigenvalue weighted by Crippen LogP contribution is -2.40. The molecule has 8 heteroatoms. The summed E-state index contributed by atoms with van der Waals surface area (Å²) in [6.07, 6.45) is 6.59. The highest BCUT2D eigenvalue weighted by molar-refractivity contribution is 5.95. The molecule has 6 rings (SSSR count). The summed E-state index contributed by atoms with van der Waals surface area (Å²) in [5, 5.41) is 4.80. The molecule has 0 saturated carbocycles. The van der Waals surface area contributed by atoms with Gasteiger partial charge in [-0.1, -0.05) is 6.07 Å². The van der Waals surface area contributed by atoms with Gasteiger partial charge in [0.15, 0.2) is 0 Å². The van der Waals surface area contributed by atoms with Crippen molar-refractivity contribution in [2.24, 2.45) is 0 Å². The van der Waals surface area contributed by atoms with Crippen molar-refractivity contribution in [1.29, 1.82) is 0 Å². The summed E-state index contributed by atoms with van der Waals surface area (Å²) in [5.41, 5.74) is 8.11. The van der Waals surface area contributed by atoms with Gasteiger partial charge in [0.2, 0.25) is 5.88 Å². The number of hydrogen-bond acceptors (Lipinski definition) is 7. The lowest BCUT2D eigenvalue weighted by Gasteiger charge is -2.33. The Balaban J connectivity index is 1.24. The molecule has 2 aromatic carbocycles. The Kier molecular flexibility index (Phi) is 7.28. The molecule has 2 aromatic heterocycles. The van der Waals surface area contributed by atoms with E-state index in [4.69, 9.17) is 9.72 Å². The van der Waals surface area contributed by atoms with Gasteiger partial charge in [0, 0.05) is 67.7 Å². The van der Waals surface area contributed by atoms with Gasteiger partial charge in [-0.15, -0.1) is 0 Å². The highest BCUT2D eigenvalue weighted by Gasteiger charge is 2.23. The molecule has 0 amide bonds. The zero-order chi connectivity index (χ0) is 26.8. The van der Waals surface area contributed by atoms with Crippen molar-refractivity contribution >= 4 is 22.4 Å². The Hall–Kier alpha value is -3.78. The van der Waals surface area contributed by atoms with Gasteiger partial charge >= 0.3 is 0 Å². The number of aromatic nitrogens is 3. The summed E-state index contributed by atoms with van der Waals surface area (Å²) in [6.45, 7) is 6.01. The topological polar surface area (TPSA) is 66.4 Å². The van der Waals surface area contributed by atoms with Crippen LogP contribution in [0.3, 0.4) is 0 Å². The largest absolute Gasteiger partial charge is 0.481 e. The van der Waals surface area contributed by atoms with Gasteiger partial charge in [-0.2, -0.15) is 0 Å². The first-order chi connectivity index (χ1) is 19.1. The Morgan fingerprint density at radius 3 is 2.62 bits per heavy atom. The minimum Gasteiger partial charge on any atom is -0.481 e. The fourth-order valence-electron chi connectivity index (χ4n) is 5.91. The van der Waals surface area contributed by atoms with Crippen molar-refractivity contribution in [3.05, 3.63) is 71.7 Å². The maximum Gasteiger partial charge on any atom is 0.212 e. The summed E-state index contributed by atoms with van der Waals surface area (Å²) in [4.78, 5) is 18.4. The number of alkyl halides is 1. The van der Waals surface area contributed by atoms with Crippen LogP contribution >= 0.6 is 0 Å². The lowest BCUT2D eigenvalue weighted by atomic mass is 9.97. The minimum absolute atomic E-state index is 0.263. The highest BCUT2D eigenvalue weighted by atomic mass is 19.1. The number of ether oxygens (including phenoxy) is 1. The number of hydrogen-bond donors (Lipinski definition) is 1. The summed E-state index contributed by atoms with van der Waals surface area (Å²) in [6, 6.07) is 15.5. The normalized spacial score (nSPS) is 16.3. The molecule has 2 aliphatic rings. The third kappa shape index (κ3) is 5.39. The van der Waals surface area contributed by atoms with Crippen LogP contribution in [0.25, 0.3) is 22.0 Å². The molecule has 1 saturated heterocycles. The van der Waals surface area contributed by atoms with Gasteiger partial charge in [-0.3, -0.25) is 0 Å². The molecule has 4 aromatic rings. The number of benzene rings is 2. The second-order valence-corrected chi connectivity index (χ2v) is 10.6. The third-order valence-corrected chi connectivity index (χ3v) is 8.06. The molecule has 4 heterocycles. The smallest absolute Gasteiger partial charge is 0.212 e. The number of fused-ring (bicyclic) bond motifs is 2. The predicted molar refractivity (Wildman–Crippen MR) is 154 cm³/mol. The zero-order valence-corrected chi connectivity index (χ0v) is 22.7. The van der Waals surface area contributed by atoms with E-state index in [2.05, 4.69) is 62.3 Å². The fourth-order valence-corrected chi connectivity index (χ4v) is 5.91. The van der Waals surface area contributed by atoms with E-state index in [1.807, 2.05) is 18.3 Å². The van der Waals surface area contributed by atoms with Crippen molar-refractivity contribution < 1.29 is 9.13 Å². The van der Waals surface area contributed by atoms with Crippen LogP contribution < -0.4 is 15.0 Å².